The minimum atomic E-state index is 0.0144. The van der Waals surface area contributed by atoms with Crippen LogP contribution in [0.4, 0.5) is 0 Å². The fourth-order valence-corrected chi connectivity index (χ4v) is 2.14. The number of carbonyl (C=O) groups is 1. The van der Waals surface area contributed by atoms with Crippen molar-refractivity contribution in [2.45, 2.75) is 25.3 Å². The van der Waals surface area contributed by atoms with Crippen LogP contribution in [0.15, 0.2) is 25.3 Å². The number of likely N-dealkylation sites (N-methyl/N-ethyl adjacent to an activating group) is 1. The number of carbonyl (C=O) groups excluding carboxylic acids is 1. The molecule has 1 amide bonds. The van der Waals surface area contributed by atoms with Crippen LogP contribution in [-0.4, -0.2) is 37.0 Å². The second-order valence-electron chi connectivity index (χ2n) is 4.34. The van der Waals surface area contributed by atoms with Gasteiger partial charge in [-0.1, -0.05) is 12.2 Å². The molecule has 90 valence electrons. The summed E-state index contributed by atoms with van der Waals surface area (Å²) in [6.45, 7) is 9.33. The van der Waals surface area contributed by atoms with E-state index in [1.807, 2.05) is 24.1 Å². The molecule has 1 saturated heterocycles. The molecule has 1 aliphatic rings. The molecular weight excluding hydrogens is 200 g/mol. The summed E-state index contributed by atoms with van der Waals surface area (Å²) in [5.41, 5.74) is 0. The number of allylic oxidation sites excluding steroid dienone is 2. The Morgan fingerprint density at radius 1 is 1.50 bits per heavy atom. The molecule has 1 atom stereocenters. The molecule has 0 radical (unpaired) electrons. The molecule has 0 aromatic heterocycles. The predicted octanol–water partition coefficient (Wildman–Crippen LogP) is 1.58. The van der Waals surface area contributed by atoms with Gasteiger partial charge in [0.15, 0.2) is 0 Å². The molecular formula is C13H22N2O. The zero-order valence-corrected chi connectivity index (χ0v) is 10.1. The van der Waals surface area contributed by atoms with Gasteiger partial charge in [0.1, 0.15) is 0 Å². The van der Waals surface area contributed by atoms with Crippen LogP contribution in [-0.2, 0) is 4.79 Å². The quantitative estimate of drug-likeness (QED) is 0.692. The van der Waals surface area contributed by atoms with Crippen molar-refractivity contribution in [3.8, 4) is 0 Å². The lowest BCUT2D eigenvalue weighted by Crippen LogP contribution is -2.41. The van der Waals surface area contributed by atoms with Crippen LogP contribution >= 0.6 is 0 Å². The summed E-state index contributed by atoms with van der Waals surface area (Å²) >= 11 is 0. The zero-order valence-electron chi connectivity index (χ0n) is 10.1. The fraction of sp³-hybridized carbons (Fsp3) is 0.615. The van der Waals surface area contributed by atoms with Crippen LogP contribution in [0.3, 0.4) is 0 Å². The van der Waals surface area contributed by atoms with Crippen LogP contribution in [0.1, 0.15) is 19.3 Å². The monoisotopic (exact) mass is 222 g/mol. The zero-order chi connectivity index (χ0) is 12.0. The van der Waals surface area contributed by atoms with Crippen molar-refractivity contribution in [1.82, 2.24) is 10.2 Å². The topological polar surface area (TPSA) is 32.3 Å². The Labute approximate surface area is 98.2 Å². The summed E-state index contributed by atoms with van der Waals surface area (Å²) in [5, 5.41) is 3.28. The molecule has 0 bridgehead atoms. The maximum absolute atomic E-state index is 12.2. The van der Waals surface area contributed by atoms with Gasteiger partial charge in [0.25, 0.3) is 0 Å². The summed E-state index contributed by atoms with van der Waals surface area (Å²) in [5.74, 6) is 0.231. The first kappa shape index (κ1) is 13.0. The molecule has 1 aliphatic heterocycles. The first-order valence-electron chi connectivity index (χ1n) is 5.89. The second kappa shape index (κ2) is 6.48. The first-order valence-corrected chi connectivity index (χ1v) is 5.89. The number of amides is 1. The number of nitrogens with one attached hydrogen (secondary N) is 1. The van der Waals surface area contributed by atoms with Gasteiger partial charge < -0.3 is 10.2 Å². The lowest BCUT2D eigenvalue weighted by molar-refractivity contribution is -0.135. The van der Waals surface area contributed by atoms with Crippen molar-refractivity contribution >= 4 is 5.91 Å². The average molecular weight is 222 g/mol. The molecule has 1 heterocycles. The van der Waals surface area contributed by atoms with Gasteiger partial charge in [-0.15, -0.1) is 13.2 Å². The van der Waals surface area contributed by atoms with Crippen LogP contribution in [0.25, 0.3) is 0 Å². The highest BCUT2D eigenvalue weighted by molar-refractivity contribution is 5.79. The van der Waals surface area contributed by atoms with Gasteiger partial charge in [-0.3, -0.25) is 4.79 Å². The maximum Gasteiger partial charge on any atom is 0.226 e. The summed E-state index contributed by atoms with van der Waals surface area (Å²) in [4.78, 5) is 14.1. The highest BCUT2D eigenvalue weighted by atomic mass is 16.2. The summed E-state index contributed by atoms with van der Waals surface area (Å²) < 4.78 is 0. The Balaban J connectivity index is 2.57. The van der Waals surface area contributed by atoms with Crippen LogP contribution in [0.2, 0.25) is 0 Å². The third-order valence-electron chi connectivity index (χ3n) is 3.18. The van der Waals surface area contributed by atoms with Gasteiger partial charge in [-0.2, -0.15) is 0 Å². The van der Waals surface area contributed by atoms with E-state index >= 15 is 0 Å². The highest BCUT2D eigenvalue weighted by Crippen LogP contribution is 2.16. The molecule has 16 heavy (non-hydrogen) atoms. The van der Waals surface area contributed by atoms with Crippen molar-refractivity contribution in [2.24, 2.45) is 5.92 Å². The second-order valence-corrected chi connectivity index (χ2v) is 4.34. The molecule has 1 unspecified atom stereocenters. The third-order valence-corrected chi connectivity index (χ3v) is 3.18. The van der Waals surface area contributed by atoms with E-state index in [1.165, 1.54) is 0 Å². The Morgan fingerprint density at radius 3 is 2.56 bits per heavy atom. The number of hydrogen-bond donors (Lipinski definition) is 1. The smallest absolute Gasteiger partial charge is 0.226 e. The van der Waals surface area contributed by atoms with E-state index in [9.17, 15) is 4.79 Å². The Morgan fingerprint density at radius 2 is 2.12 bits per heavy atom. The normalized spacial score (nSPS) is 19.8. The molecule has 1 rings (SSSR count). The Kier molecular flexibility index (Phi) is 5.26. The number of rotatable bonds is 6. The Bertz CT molecular complexity index is 247. The van der Waals surface area contributed by atoms with E-state index in [4.69, 9.17) is 0 Å². The van der Waals surface area contributed by atoms with Gasteiger partial charge in [0.2, 0.25) is 5.91 Å². The SMILES string of the molecule is C=CCC(CC=C)C(=O)N(C)C1CCNC1. The molecule has 3 heteroatoms. The minimum Gasteiger partial charge on any atom is -0.341 e. The predicted molar refractivity (Wildman–Crippen MR) is 67.2 cm³/mol. The van der Waals surface area contributed by atoms with Crippen molar-refractivity contribution < 1.29 is 4.79 Å². The van der Waals surface area contributed by atoms with Crippen molar-refractivity contribution in [1.29, 1.82) is 0 Å². The highest BCUT2D eigenvalue weighted by Gasteiger charge is 2.27. The van der Waals surface area contributed by atoms with E-state index in [2.05, 4.69) is 18.5 Å². The number of nitrogens with zero attached hydrogens (tertiary/aromatic N) is 1. The molecule has 0 aromatic rings. The van der Waals surface area contributed by atoms with E-state index in [0.717, 1.165) is 32.4 Å². The van der Waals surface area contributed by atoms with Crippen LogP contribution in [0.5, 0.6) is 0 Å². The van der Waals surface area contributed by atoms with Gasteiger partial charge in [0, 0.05) is 25.6 Å². The third kappa shape index (κ3) is 3.20. The standard InChI is InChI=1S/C13H22N2O/c1-4-6-11(7-5-2)13(16)15(3)12-8-9-14-10-12/h4-5,11-12,14H,1-2,6-10H2,3H3. The molecule has 0 aromatic carbocycles. The molecule has 0 spiro atoms. The fourth-order valence-electron chi connectivity index (χ4n) is 2.14. The first-order chi connectivity index (χ1) is 7.70. The van der Waals surface area contributed by atoms with Crippen LogP contribution < -0.4 is 5.32 Å². The van der Waals surface area contributed by atoms with Crippen LogP contribution in [0, 0.1) is 5.92 Å². The average Bonchev–Trinajstić information content (AvgIpc) is 2.80. The van der Waals surface area contributed by atoms with E-state index in [0.29, 0.717) is 6.04 Å². The van der Waals surface area contributed by atoms with Gasteiger partial charge in [-0.05, 0) is 25.8 Å². The summed E-state index contributed by atoms with van der Waals surface area (Å²) in [6.07, 6.45) is 6.14. The van der Waals surface area contributed by atoms with Gasteiger partial charge in [-0.25, -0.2) is 0 Å². The molecule has 1 N–H and O–H groups in total. The van der Waals surface area contributed by atoms with Crippen molar-refractivity contribution in [3.63, 3.8) is 0 Å². The van der Waals surface area contributed by atoms with Gasteiger partial charge in [0.05, 0.1) is 0 Å². The number of hydrogen-bond acceptors (Lipinski definition) is 2. The molecule has 0 aliphatic carbocycles. The van der Waals surface area contributed by atoms with E-state index in [1.54, 1.807) is 0 Å². The lowest BCUT2D eigenvalue weighted by atomic mass is 9.99. The molecule has 3 nitrogen and oxygen atoms in total. The largest absolute Gasteiger partial charge is 0.341 e. The van der Waals surface area contributed by atoms with Gasteiger partial charge >= 0.3 is 0 Å². The van der Waals surface area contributed by atoms with E-state index < -0.39 is 0 Å². The minimum absolute atomic E-state index is 0.0144. The van der Waals surface area contributed by atoms with E-state index in [-0.39, 0.29) is 11.8 Å². The molecule has 0 saturated carbocycles. The van der Waals surface area contributed by atoms with Crippen molar-refractivity contribution in [3.05, 3.63) is 25.3 Å². The molecule has 1 fully saturated rings. The summed E-state index contributed by atoms with van der Waals surface area (Å²) in [7, 11) is 1.90. The lowest BCUT2D eigenvalue weighted by Gasteiger charge is -2.27. The summed E-state index contributed by atoms with van der Waals surface area (Å²) in [6, 6.07) is 0.352. The van der Waals surface area contributed by atoms with Crippen molar-refractivity contribution in [2.75, 3.05) is 20.1 Å². The Hall–Kier alpha value is -1.09. The maximum atomic E-state index is 12.2.